The van der Waals surface area contributed by atoms with Gasteiger partial charge >= 0.3 is 0 Å². The molecule has 1 N–H and O–H groups in total. The second kappa shape index (κ2) is 7.16. The molecule has 1 aliphatic carbocycles. The Bertz CT molecular complexity index is 451. The van der Waals surface area contributed by atoms with Gasteiger partial charge in [0.15, 0.2) is 0 Å². The van der Waals surface area contributed by atoms with Gasteiger partial charge in [0.1, 0.15) is 18.4 Å². The maximum absolute atomic E-state index is 9.03. The van der Waals surface area contributed by atoms with Crippen molar-refractivity contribution in [1.82, 2.24) is 5.32 Å². The Balaban J connectivity index is 1.90. The van der Waals surface area contributed by atoms with Crippen molar-refractivity contribution in [2.75, 3.05) is 13.2 Å². The number of hydrogen-bond acceptors (Lipinski definition) is 3. The van der Waals surface area contributed by atoms with E-state index in [0.717, 1.165) is 25.1 Å². The predicted molar refractivity (Wildman–Crippen MR) is 76.3 cm³/mol. The Labute approximate surface area is 115 Å². The fraction of sp³-hybridized carbons (Fsp3) is 0.562. The van der Waals surface area contributed by atoms with Crippen LogP contribution in [0, 0.1) is 11.3 Å². The molecule has 0 radical (unpaired) electrons. The largest absolute Gasteiger partial charge is 0.491 e. The van der Waals surface area contributed by atoms with E-state index in [-0.39, 0.29) is 6.04 Å². The first-order valence-electron chi connectivity index (χ1n) is 7.21. The molecular weight excluding hydrogens is 236 g/mol. The fourth-order valence-electron chi connectivity index (χ4n) is 2.44. The SMILES string of the molecule is CCCNC(C#N)COc1ccc2c(c1)CCCC2. The van der Waals surface area contributed by atoms with E-state index in [2.05, 4.69) is 30.4 Å². The standard InChI is InChI=1S/C16H22N2O/c1-2-9-18-15(11-17)12-19-16-8-7-13-5-3-4-6-14(13)10-16/h7-8,10,15,18H,2-6,9,12H2,1H3. The zero-order valence-electron chi connectivity index (χ0n) is 11.6. The summed E-state index contributed by atoms with van der Waals surface area (Å²) >= 11 is 0. The molecule has 19 heavy (non-hydrogen) atoms. The summed E-state index contributed by atoms with van der Waals surface area (Å²) in [6.07, 6.45) is 5.94. The van der Waals surface area contributed by atoms with Gasteiger partial charge in [-0.2, -0.15) is 5.26 Å². The van der Waals surface area contributed by atoms with E-state index in [0.29, 0.717) is 6.61 Å². The van der Waals surface area contributed by atoms with Crippen LogP contribution in [0.5, 0.6) is 5.75 Å². The molecule has 2 rings (SSSR count). The van der Waals surface area contributed by atoms with E-state index in [9.17, 15) is 0 Å². The Morgan fingerprint density at radius 1 is 1.32 bits per heavy atom. The molecule has 0 aliphatic heterocycles. The van der Waals surface area contributed by atoms with Crippen LogP contribution >= 0.6 is 0 Å². The van der Waals surface area contributed by atoms with E-state index in [4.69, 9.17) is 10.00 Å². The number of fused-ring (bicyclic) bond motifs is 1. The van der Waals surface area contributed by atoms with Gasteiger partial charge in [-0.1, -0.05) is 13.0 Å². The first kappa shape index (κ1) is 13.9. The maximum Gasteiger partial charge on any atom is 0.130 e. The van der Waals surface area contributed by atoms with Gasteiger partial charge in [0.2, 0.25) is 0 Å². The molecule has 0 fully saturated rings. The number of hydrogen-bond donors (Lipinski definition) is 1. The second-order valence-electron chi connectivity index (χ2n) is 5.08. The third kappa shape index (κ3) is 3.97. The monoisotopic (exact) mass is 258 g/mol. The van der Waals surface area contributed by atoms with Gasteiger partial charge in [-0.25, -0.2) is 0 Å². The molecule has 1 aromatic carbocycles. The molecule has 0 aromatic heterocycles. The molecule has 0 spiro atoms. The summed E-state index contributed by atoms with van der Waals surface area (Å²) in [7, 11) is 0. The van der Waals surface area contributed by atoms with Crippen molar-refractivity contribution in [1.29, 1.82) is 5.26 Å². The van der Waals surface area contributed by atoms with Gasteiger partial charge in [-0.05, 0) is 61.9 Å². The van der Waals surface area contributed by atoms with Gasteiger partial charge in [0, 0.05) is 0 Å². The van der Waals surface area contributed by atoms with Crippen molar-refractivity contribution < 1.29 is 4.74 Å². The average Bonchev–Trinajstić information content (AvgIpc) is 2.47. The molecule has 0 saturated carbocycles. The Morgan fingerprint density at radius 2 is 2.11 bits per heavy atom. The number of benzene rings is 1. The summed E-state index contributed by atoms with van der Waals surface area (Å²) in [4.78, 5) is 0. The lowest BCUT2D eigenvalue weighted by Crippen LogP contribution is -2.33. The lowest BCUT2D eigenvalue weighted by molar-refractivity contribution is 0.289. The number of nitriles is 1. The second-order valence-corrected chi connectivity index (χ2v) is 5.08. The molecule has 1 aromatic rings. The van der Waals surface area contributed by atoms with Crippen LogP contribution in [-0.4, -0.2) is 19.2 Å². The summed E-state index contributed by atoms with van der Waals surface area (Å²) in [6, 6.07) is 8.35. The lowest BCUT2D eigenvalue weighted by Gasteiger charge is -2.17. The van der Waals surface area contributed by atoms with Crippen LogP contribution in [0.3, 0.4) is 0 Å². The van der Waals surface area contributed by atoms with Gasteiger partial charge in [-0.15, -0.1) is 0 Å². The molecule has 3 heteroatoms. The van der Waals surface area contributed by atoms with Crippen LogP contribution in [0.1, 0.15) is 37.3 Å². The molecule has 0 amide bonds. The molecular formula is C16H22N2O. The highest BCUT2D eigenvalue weighted by Gasteiger charge is 2.11. The average molecular weight is 258 g/mol. The molecule has 3 nitrogen and oxygen atoms in total. The smallest absolute Gasteiger partial charge is 0.130 e. The van der Waals surface area contributed by atoms with Crippen LogP contribution < -0.4 is 10.1 Å². The van der Waals surface area contributed by atoms with Crippen molar-refractivity contribution in [3.05, 3.63) is 29.3 Å². The molecule has 0 saturated heterocycles. The molecule has 1 unspecified atom stereocenters. The quantitative estimate of drug-likeness (QED) is 0.853. The Morgan fingerprint density at radius 3 is 2.84 bits per heavy atom. The first-order valence-corrected chi connectivity index (χ1v) is 7.21. The van der Waals surface area contributed by atoms with Crippen LogP contribution in [0.15, 0.2) is 18.2 Å². The van der Waals surface area contributed by atoms with Crippen LogP contribution in [0.25, 0.3) is 0 Å². The zero-order valence-corrected chi connectivity index (χ0v) is 11.6. The Hall–Kier alpha value is -1.53. The molecule has 1 aliphatic rings. The predicted octanol–water partition coefficient (Wildman–Crippen LogP) is 2.84. The Kier molecular flexibility index (Phi) is 5.23. The summed E-state index contributed by atoms with van der Waals surface area (Å²) < 4.78 is 5.74. The number of aryl methyl sites for hydroxylation is 2. The zero-order chi connectivity index (χ0) is 13.5. The number of nitrogens with one attached hydrogen (secondary N) is 1. The van der Waals surface area contributed by atoms with Gasteiger partial charge < -0.3 is 4.74 Å². The molecule has 1 atom stereocenters. The number of rotatable bonds is 6. The van der Waals surface area contributed by atoms with Crippen LogP contribution in [-0.2, 0) is 12.8 Å². The highest BCUT2D eigenvalue weighted by molar-refractivity contribution is 5.37. The lowest BCUT2D eigenvalue weighted by atomic mass is 9.92. The van der Waals surface area contributed by atoms with Crippen molar-refractivity contribution >= 4 is 0 Å². The summed E-state index contributed by atoms with van der Waals surface area (Å²) in [5.74, 6) is 0.888. The number of nitrogens with zero attached hydrogens (tertiary/aromatic N) is 1. The first-order chi connectivity index (χ1) is 9.33. The summed E-state index contributed by atoms with van der Waals surface area (Å²) in [5.41, 5.74) is 2.87. The van der Waals surface area contributed by atoms with E-state index >= 15 is 0 Å². The number of ether oxygens (including phenoxy) is 1. The van der Waals surface area contributed by atoms with Crippen LogP contribution in [0.2, 0.25) is 0 Å². The minimum atomic E-state index is -0.226. The highest BCUT2D eigenvalue weighted by atomic mass is 16.5. The maximum atomic E-state index is 9.03. The normalized spacial score (nSPS) is 15.4. The fourth-order valence-corrected chi connectivity index (χ4v) is 2.44. The van der Waals surface area contributed by atoms with Gasteiger partial charge in [-0.3, -0.25) is 5.32 Å². The van der Waals surface area contributed by atoms with Crippen molar-refractivity contribution in [2.45, 2.75) is 45.1 Å². The van der Waals surface area contributed by atoms with E-state index in [1.54, 1.807) is 0 Å². The van der Waals surface area contributed by atoms with Crippen molar-refractivity contribution in [2.24, 2.45) is 0 Å². The molecule has 102 valence electrons. The summed E-state index contributed by atoms with van der Waals surface area (Å²) in [5, 5.41) is 12.2. The van der Waals surface area contributed by atoms with E-state index in [1.807, 2.05) is 6.07 Å². The van der Waals surface area contributed by atoms with Crippen molar-refractivity contribution in [3.8, 4) is 11.8 Å². The van der Waals surface area contributed by atoms with E-state index in [1.165, 1.54) is 30.4 Å². The van der Waals surface area contributed by atoms with Crippen molar-refractivity contribution in [3.63, 3.8) is 0 Å². The summed E-state index contributed by atoms with van der Waals surface area (Å²) in [6.45, 7) is 3.35. The van der Waals surface area contributed by atoms with Gasteiger partial charge in [0.05, 0.1) is 6.07 Å². The molecule has 0 bridgehead atoms. The van der Waals surface area contributed by atoms with Crippen LogP contribution in [0.4, 0.5) is 0 Å². The third-order valence-corrected chi connectivity index (χ3v) is 3.53. The topological polar surface area (TPSA) is 45.0 Å². The minimum absolute atomic E-state index is 0.226. The third-order valence-electron chi connectivity index (χ3n) is 3.53. The minimum Gasteiger partial charge on any atom is -0.491 e. The van der Waals surface area contributed by atoms with Gasteiger partial charge in [0.25, 0.3) is 0 Å². The molecule has 0 heterocycles. The highest BCUT2D eigenvalue weighted by Crippen LogP contribution is 2.25. The van der Waals surface area contributed by atoms with E-state index < -0.39 is 0 Å².